The van der Waals surface area contributed by atoms with E-state index in [4.69, 9.17) is 31.0 Å². The number of anilines is 2. The number of likely N-dealkylation sites (tertiary alicyclic amines) is 1. The van der Waals surface area contributed by atoms with E-state index in [1.807, 2.05) is 42.5 Å². The topological polar surface area (TPSA) is 98.1 Å². The molecule has 3 aromatic carbocycles. The maximum atomic E-state index is 13.3. The molecule has 0 bridgehead atoms. The Bertz CT molecular complexity index is 1830. The molecule has 7 rings (SSSR count). The van der Waals surface area contributed by atoms with E-state index in [1.54, 1.807) is 4.90 Å². The second-order valence-electron chi connectivity index (χ2n) is 13.2. The van der Waals surface area contributed by atoms with E-state index >= 15 is 0 Å². The molecule has 0 aliphatic carbocycles. The molecule has 4 aromatic rings. The summed E-state index contributed by atoms with van der Waals surface area (Å²) in [4.78, 5) is 32.0. The number of aromatic nitrogens is 2. The number of hydrogen-bond donors (Lipinski definition) is 0. The zero-order chi connectivity index (χ0) is 33.7. The van der Waals surface area contributed by atoms with Crippen molar-refractivity contribution in [3.8, 4) is 12.1 Å². The zero-order valence-electron chi connectivity index (χ0n) is 27.9. The highest BCUT2D eigenvalue weighted by molar-refractivity contribution is 6.36. The van der Waals surface area contributed by atoms with Crippen molar-refractivity contribution in [3.63, 3.8) is 0 Å². The Morgan fingerprint density at radius 2 is 1.80 bits per heavy atom. The second-order valence-corrected chi connectivity index (χ2v) is 13.6. The number of piperazine rings is 1. The van der Waals surface area contributed by atoms with E-state index in [0.29, 0.717) is 44.8 Å². The van der Waals surface area contributed by atoms with Gasteiger partial charge in [-0.25, -0.2) is 4.79 Å². The van der Waals surface area contributed by atoms with E-state index in [1.165, 1.54) is 0 Å². The van der Waals surface area contributed by atoms with Gasteiger partial charge >= 0.3 is 12.1 Å². The highest BCUT2D eigenvalue weighted by Crippen LogP contribution is 2.37. The monoisotopic (exact) mass is 679 g/mol. The van der Waals surface area contributed by atoms with Crippen molar-refractivity contribution in [2.45, 2.75) is 57.3 Å². The molecule has 2 atom stereocenters. The normalized spacial score (nSPS) is 19.7. The SMILES string of the molecule is CN1CCC[C@H]1COc1nc2c(c(N3CCN(C(=O)OCc4ccccc4)[C@@H](CC#N)C3)n1)CCCN(c1cccc3cccc(Cl)c13)C2. The van der Waals surface area contributed by atoms with Gasteiger partial charge in [-0.3, -0.25) is 0 Å². The molecule has 3 aliphatic rings. The van der Waals surface area contributed by atoms with Crippen molar-refractivity contribution in [2.75, 3.05) is 56.2 Å². The van der Waals surface area contributed by atoms with Gasteiger partial charge in [0.1, 0.15) is 19.0 Å². The zero-order valence-corrected chi connectivity index (χ0v) is 28.7. The van der Waals surface area contributed by atoms with Crippen molar-refractivity contribution < 1.29 is 14.3 Å². The summed E-state index contributed by atoms with van der Waals surface area (Å²) in [5.74, 6) is 0.831. The lowest BCUT2D eigenvalue weighted by Crippen LogP contribution is -2.55. The molecule has 11 heteroatoms. The van der Waals surface area contributed by atoms with E-state index in [2.05, 4.69) is 52.1 Å². The van der Waals surface area contributed by atoms with E-state index in [-0.39, 0.29) is 19.1 Å². The average Bonchev–Trinajstić information content (AvgIpc) is 3.41. The number of fused-ring (bicyclic) bond motifs is 2. The number of nitriles is 1. The van der Waals surface area contributed by atoms with Crippen molar-refractivity contribution in [1.82, 2.24) is 19.8 Å². The molecule has 0 N–H and O–H groups in total. The molecule has 1 aromatic heterocycles. The Balaban J connectivity index is 1.18. The molecule has 4 heterocycles. The van der Waals surface area contributed by atoms with Crippen LogP contribution < -0.4 is 14.5 Å². The minimum absolute atomic E-state index is 0.188. The summed E-state index contributed by atoms with van der Waals surface area (Å²) < 4.78 is 12.1. The number of carbonyl (C=O) groups is 1. The molecule has 0 spiro atoms. The first-order valence-electron chi connectivity index (χ1n) is 17.2. The van der Waals surface area contributed by atoms with E-state index in [9.17, 15) is 10.1 Å². The number of ether oxygens (including phenoxy) is 2. The van der Waals surface area contributed by atoms with Crippen LogP contribution in [0, 0.1) is 11.3 Å². The fourth-order valence-electron chi connectivity index (χ4n) is 7.39. The number of nitrogens with zero attached hydrogens (tertiary/aromatic N) is 7. The first kappa shape index (κ1) is 32.9. The molecule has 49 heavy (non-hydrogen) atoms. The van der Waals surface area contributed by atoms with Crippen LogP contribution in [-0.4, -0.2) is 84.3 Å². The van der Waals surface area contributed by atoms with Gasteiger partial charge in [0, 0.05) is 48.9 Å². The molecule has 0 saturated carbocycles. The first-order chi connectivity index (χ1) is 24.0. The molecule has 0 radical (unpaired) electrons. The number of hydrogen-bond acceptors (Lipinski definition) is 9. The third-order valence-corrected chi connectivity index (χ3v) is 10.4. The van der Waals surface area contributed by atoms with Gasteiger partial charge in [-0.2, -0.15) is 15.2 Å². The molecule has 2 saturated heterocycles. The number of halogens is 1. The lowest BCUT2D eigenvalue weighted by atomic mass is 10.1. The fourth-order valence-corrected chi connectivity index (χ4v) is 7.67. The Labute approximate surface area is 292 Å². The van der Waals surface area contributed by atoms with Gasteiger partial charge in [0.25, 0.3) is 0 Å². The Hall–Kier alpha value is -4.59. The van der Waals surface area contributed by atoms with Crippen LogP contribution in [0.1, 0.15) is 42.5 Å². The summed E-state index contributed by atoms with van der Waals surface area (Å²) >= 11 is 6.77. The molecule has 1 amide bonds. The smallest absolute Gasteiger partial charge is 0.410 e. The molecular weight excluding hydrogens is 638 g/mol. The number of rotatable bonds is 8. The van der Waals surface area contributed by atoms with Gasteiger partial charge in [0.05, 0.1) is 35.8 Å². The van der Waals surface area contributed by atoms with E-state index in [0.717, 1.165) is 82.9 Å². The van der Waals surface area contributed by atoms with Crippen LogP contribution >= 0.6 is 11.6 Å². The van der Waals surface area contributed by atoms with E-state index < -0.39 is 6.09 Å². The molecule has 10 nitrogen and oxygen atoms in total. The van der Waals surface area contributed by atoms with Crippen LogP contribution in [0.15, 0.2) is 66.7 Å². The van der Waals surface area contributed by atoms with Crippen LogP contribution in [-0.2, 0) is 24.3 Å². The van der Waals surface area contributed by atoms with Crippen LogP contribution in [0.5, 0.6) is 6.01 Å². The van der Waals surface area contributed by atoms with Gasteiger partial charge in [0.15, 0.2) is 0 Å². The van der Waals surface area contributed by atoms with Crippen molar-refractivity contribution in [2.24, 2.45) is 0 Å². The quantitative estimate of drug-likeness (QED) is 0.208. The predicted molar refractivity (Wildman–Crippen MR) is 191 cm³/mol. The number of amides is 1. The van der Waals surface area contributed by atoms with Gasteiger partial charge < -0.3 is 29.1 Å². The highest BCUT2D eigenvalue weighted by Gasteiger charge is 2.35. The molecule has 3 aliphatic heterocycles. The van der Waals surface area contributed by atoms with Crippen molar-refractivity contribution in [1.29, 1.82) is 5.26 Å². The third-order valence-electron chi connectivity index (χ3n) is 10.0. The summed E-state index contributed by atoms with van der Waals surface area (Å²) in [5.41, 5.74) is 4.03. The van der Waals surface area contributed by atoms with Gasteiger partial charge in [-0.1, -0.05) is 66.2 Å². The van der Waals surface area contributed by atoms with Crippen LogP contribution in [0.25, 0.3) is 10.8 Å². The van der Waals surface area contributed by atoms with Crippen LogP contribution in [0.2, 0.25) is 5.02 Å². The maximum Gasteiger partial charge on any atom is 0.410 e. The Kier molecular flexibility index (Phi) is 10.0. The number of likely N-dealkylation sites (N-methyl/N-ethyl adjacent to an activating group) is 1. The Morgan fingerprint density at radius 3 is 2.59 bits per heavy atom. The van der Waals surface area contributed by atoms with Gasteiger partial charge in [-0.15, -0.1) is 0 Å². The summed E-state index contributed by atoms with van der Waals surface area (Å²) in [6, 6.07) is 24.6. The molecular formula is C38H42ClN7O3. The largest absolute Gasteiger partial charge is 0.462 e. The van der Waals surface area contributed by atoms with Gasteiger partial charge in [0.2, 0.25) is 0 Å². The molecule has 2 fully saturated rings. The molecule has 254 valence electrons. The standard InChI is InChI=1S/C38H42ClN7O3/c1-43-19-7-13-30(43)26-48-37-41-33-24-44(34-16-6-12-28-11-5-15-32(39)35(28)34)20-8-14-31(33)36(42-37)45-21-22-46(29(23-45)17-18-40)38(47)49-25-27-9-3-2-4-10-27/h2-6,9-12,15-16,29-30H,7-8,13-14,17,19-26H2,1H3/t29-,30-/m0/s1. The summed E-state index contributed by atoms with van der Waals surface area (Å²) in [7, 11) is 2.14. The number of carbonyl (C=O) groups excluding carboxylic acids is 1. The number of benzene rings is 3. The summed E-state index contributed by atoms with van der Waals surface area (Å²) in [6.07, 6.45) is 3.73. The minimum atomic E-state index is -0.403. The predicted octanol–water partition coefficient (Wildman–Crippen LogP) is 6.45. The highest BCUT2D eigenvalue weighted by atomic mass is 35.5. The second kappa shape index (κ2) is 14.9. The first-order valence-corrected chi connectivity index (χ1v) is 17.6. The minimum Gasteiger partial charge on any atom is -0.462 e. The fraction of sp³-hybridized carbons (Fsp3) is 0.421. The van der Waals surface area contributed by atoms with Crippen LogP contribution in [0.3, 0.4) is 0 Å². The van der Waals surface area contributed by atoms with Gasteiger partial charge in [-0.05, 0) is 62.4 Å². The van der Waals surface area contributed by atoms with Crippen LogP contribution in [0.4, 0.5) is 16.3 Å². The average molecular weight is 680 g/mol. The lowest BCUT2D eigenvalue weighted by Gasteiger charge is -2.41. The Morgan fingerprint density at radius 1 is 0.959 bits per heavy atom. The summed E-state index contributed by atoms with van der Waals surface area (Å²) in [6.45, 7) is 4.63. The molecule has 0 unspecified atom stereocenters. The lowest BCUT2D eigenvalue weighted by molar-refractivity contribution is 0.0767. The van der Waals surface area contributed by atoms with Crippen molar-refractivity contribution in [3.05, 3.63) is 88.6 Å². The maximum absolute atomic E-state index is 13.3. The van der Waals surface area contributed by atoms with Crippen molar-refractivity contribution >= 4 is 40.0 Å². The third kappa shape index (κ3) is 7.24. The summed E-state index contributed by atoms with van der Waals surface area (Å²) in [5, 5.41) is 12.6.